The summed E-state index contributed by atoms with van der Waals surface area (Å²) in [6.07, 6.45) is 2.42. The van der Waals surface area contributed by atoms with Crippen LogP contribution in [0.15, 0.2) is 21.8 Å². The number of likely N-dealkylation sites (tertiary alicyclic amines) is 1. The Morgan fingerprint density at radius 2 is 1.34 bits per heavy atom. The minimum atomic E-state index is -1.61. The fourth-order valence-corrected chi connectivity index (χ4v) is 7.25. The van der Waals surface area contributed by atoms with E-state index in [2.05, 4.69) is 47.2 Å². The Bertz CT molecular complexity index is 1920. The van der Waals surface area contributed by atoms with Gasteiger partial charge in [0.25, 0.3) is 17.7 Å². The minimum absolute atomic E-state index is 0.0462. The van der Waals surface area contributed by atoms with Crippen LogP contribution in [0.25, 0.3) is 0 Å². The third-order valence-corrected chi connectivity index (χ3v) is 11.4. The van der Waals surface area contributed by atoms with Gasteiger partial charge in [0.1, 0.15) is 41.6 Å². The number of unbranched alkanes of at least 4 members (excludes halogenated alkanes) is 3. The number of nitrogens with one attached hydrogen (secondary N) is 7. The maximum Gasteiger partial charge on any atom is 0.269 e. The molecule has 0 aromatic rings. The molecule has 0 unspecified atom stereocenters. The number of aliphatic imine (C=N–C) groups is 2. The number of carbonyl (C=O) groups excluding carboxylic acids is 9. The van der Waals surface area contributed by atoms with Crippen molar-refractivity contribution in [2.24, 2.45) is 55.9 Å². The van der Waals surface area contributed by atoms with Crippen molar-refractivity contribution in [1.29, 1.82) is 0 Å². The number of nitrogens with zero attached hydrogens (tertiary/aromatic N) is 3. The number of guanidine groups is 1. The van der Waals surface area contributed by atoms with E-state index in [1.807, 2.05) is 0 Å². The van der Waals surface area contributed by atoms with Crippen LogP contribution >= 0.6 is 0 Å². The molecule has 0 radical (unpaired) electrons. The van der Waals surface area contributed by atoms with E-state index in [0.29, 0.717) is 64.6 Å². The van der Waals surface area contributed by atoms with E-state index in [0.717, 1.165) is 0 Å². The van der Waals surface area contributed by atoms with Gasteiger partial charge in [-0.15, -0.1) is 0 Å². The molecule has 0 spiro atoms. The van der Waals surface area contributed by atoms with Gasteiger partial charge in [-0.25, -0.2) is 4.99 Å². The number of amides is 9. The fourth-order valence-electron chi connectivity index (χ4n) is 7.25. The van der Waals surface area contributed by atoms with E-state index in [1.165, 1.54) is 17.9 Å². The van der Waals surface area contributed by atoms with Gasteiger partial charge in [-0.05, 0) is 117 Å². The van der Waals surface area contributed by atoms with E-state index >= 15 is 0 Å². The van der Waals surface area contributed by atoms with Crippen LogP contribution in [0.1, 0.15) is 96.8 Å². The van der Waals surface area contributed by atoms with Gasteiger partial charge in [-0.1, -0.05) is 6.08 Å². The first-order chi connectivity index (χ1) is 35.3. The monoisotopic (exact) mass is 1050 g/mol. The number of hydrogen-bond donors (Lipinski definition) is 17. The predicted molar refractivity (Wildman–Crippen MR) is 275 cm³/mol. The molecule has 420 valence electrons. The first-order valence-corrected chi connectivity index (χ1v) is 25.1. The first-order valence-electron chi connectivity index (χ1n) is 25.1. The molecular weight excluding hydrogens is 969 g/mol. The smallest absolute Gasteiger partial charge is 0.269 e. The highest BCUT2D eigenvalue weighted by Gasteiger charge is 2.38. The molecule has 1 saturated heterocycles. The SMILES string of the molecule is C[C@H](NC(=O)[C@@H]1CCCN1C(=O)C(CCCN)=NC(=O)CNC(=O)[C@@H](NC(=O)C[C@@H](O)CN)[C@@H](O)CN)C(=O)N[C@@H](CCCCN)C(=O)N/C(=C\CCN=C(N)N)C(=O)N[C@@H](CCCCN)C(=O)NCCCCN. The van der Waals surface area contributed by atoms with Gasteiger partial charge >= 0.3 is 0 Å². The molecule has 74 heavy (non-hydrogen) atoms. The summed E-state index contributed by atoms with van der Waals surface area (Å²) in [6, 6.07) is -6.25. The van der Waals surface area contributed by atoms with E-state index in [4.69, 9.17) is 45.9 Å². The van der Waals surface area contributed by atoms with Crippen molar-refractivity contribution in [3.63, 3.8) is 0 Å². The summed E-state index contributed by atoms with van der Waals surface area (Å²) in [6.45, 7) is 1.54. The summed E-state index contributed by atoms with van der Waals surface area (Å²) in [5.41, 5.74) is 43.9. The summed E-state index contributed by atoms with van der Waals surface area (Å²) >= 11 is 0. The molecule has 0 aromatic carbocycles. The lowest BCUT2D eigenvalue weighted by Gasteiger charge is -2.27. The fraction of sp³-hybridized carbons (Fsp3) is 0.711. The maximum absolute atomic E-state index is 14.0. The topological polar surface area (TPSA) is 514 Å². The van der Waals surface area contributed by atoms with Crippen molar-refractivity contribution < 1.29 is 53.4 Å². The Morgan fingerprint density at radius 1 is 0.716 bits per heavy atom. The average molecular weight is 1050 g/mol. The third kappa shape index (κ3) is 25.6. The lowest BCUT2D eigenvalue weighted by Crippen LogP contribution is -2.56. The molecular formula is C45H84N18O11. The third-order valence-electron chi connectivity index (χ3n) is 11.4. The van der Waals surface area contributed by atoms with Crippen LogP contribution in [0.2, 0.25) is 0 Å². The van der Waals surface area contributed by atoms with Crippen molar-refractivity contribution in [3.05, 3.63) is 11.8 Å². The molecule has 25 N–H and O–H groups in total. The molecule has 0 bridgehead atoms. The Morgan fingerprint density at radius 3 is 1.93 bits per heavy atom. The van der Waals surface area contributed by atoms with Gasteiger partial charge in [0.05, 0.1) is 25.2 Å². The first kappa shape index (κ1) is 65.8. The maximum atomic E-state index is 14.0. The number of aliphatic hydroxyl groups is 2. The van der Waals surface area contributed by atoms with E-state index in [9.17, 15) is 53.4 Å². The number of nitrogens with two attached hydrogens (primary N) is 8. The average Bonchev–Trinajstić information content (AvgIpc) is 3.87. The van der Waals surface area contributed by atoms with Gasteiger partial charge in [0.2, 0.25) is 35.4 Å². The number of rotatable bonds is 37. The summed E-state index contributed by atoms with van der Waals surface area (Å²) < 4.78 is 0. The number of hydrogen-bond acceptors (Lipinski definition) is 18. The zero-order chi connectivity index (χ0) is 55.6. The van der Waals surface area contributed by atoms with Crippen molar-refractivity contribution in [2.75, 3.05) is 65.4 Å². The molecule has 9 amide bonds. The molecule has 0 aromatic heterocycles. The Balaban J connectivity index is 3.28. The highest BCUT2D eigenvalue weighted by atomic mass is 16.3. The predicted octanol–water partition coefficient (Wildman–Crippen LogP) is -7.43. The van der Waals surface area contributed by atoms with Crippen LogP contribution in [0.3, 0.4) is 0 Å². The zero-order valence-corrected chi connectivity index (χ0v) is 42.6. The van der Waals surface area contributed by atoms with Gasteiger partial charge in [-0.3, -0.25) is 48.1 Å². The van der Waals surface area contributed by atoms with Gasteiger partial charge in [0, 0.05) is 32.7 Å². The highest BCUT2D eigenvalue weighted by Crippen LogP contribution is 2.19. The van der Waals surface area contributed by atoms with Crippen LogP contribution in [0, 0.1) is 0 Å². The molecule has 7 atom stereocenters. The van der Waals surface area contributed by atoms with Gasteiger partial charge in [0.15, 0.2) is 5.96 Å². The summed E-state index contributed by atoms with van der Waals surface area (Å²) in [5.74, 6) is -7.35. The largest absolute Gasteiger partial charge is 0.391 e. The molecule has 1 fully saturated rings. The van der Waals surface area contributed by atoms with Gasteiger partial charge < -0.3 is 98.2 Å². The van der Waals surface area contributed by atoms with Crippen LogP contribution in [0.5, 0.6) is 0 Å². The zero-order valence-electron chi connectivity index (χ0n) is 42.6. The van der Waals surface area contributed by atoms with Crippen molar-refractivity contribution in [1.82, 2.24) is 42.1 Å². The van der Waals surface area contributed by atoms with E-state index in [-0.39, 0.29) is 88.6 Å². The van der Waals surface area contributed by atoms with E-state index in [1.54, 1.807) is 0 Å². The standard InChI is InChI=1S/C45H84N18O11/c1-27(57-42(72)33-15-10-22-63(33)44(74)32(13-8-19-49)58-36(67)26-56-43(73)37(34(65)25-51)62-35(66)23-28(64)24-50)38(68)59-30(12-3-5-17-47)40(70)61-31(14-9-21-55-45(52)53)41(71)60-29(11-2-4-16-46)39(69)54-20-7-6-18-48/h14,27-30,33-34,37,64-65H,2-13,15-26,46-51H2,1H3,(H,54,69)(H,56,73)(H,57,72)(H,59,68)(H,60,71)(H,61,70)(H,62,66)(H4,52,53,55)/b31-14-,58-32?/t27-,28+,29-,30-,33-,34-,37-/m0/s1. The molecule has 0 saturated carbocycles. The summed E-state index contributed by atoms with van der Waals surface area (Å²) in [4.78, 5) is 130. The van der Waals surface area contributed by atoms with Crippen LogP contribution < -0.4 is 83.1 Å². The van der Waals surface area contributed by atoms with Crippen LogP contribution in [0.4, 0.5) is 0 Å². The van der Waals surface area contributed by atoms with Crippen molar-refractivity contribution >= 4 is 64.8 Å². The van der Waals surface area contributed by atoms with Crippen molar-refractivity contribution in [3.8, 4) is 0 Å². The van der Waals surface area contributed by atoms with Crippen molar-refractivity contribution in [2.45, 2.75) is 139 Å². The second-order valence-corrected chi connectivity index (χ2v) is 17.5. The lowest BCUT2D eigenvalue weighted by atomic mass is 10.1. The normalized spacial score (nSPS) is 16.1. The second kappa shape index (κ2) is 37.5. The second-order valence-electron chi connectivity index (χ2n) is 17.5. The lowest BCUT2D eigenvalue weighted by molar-refractivity contribution is -0.136. The Kier molecular flexibility index (Phi) is 33.4. The van der Waals surface area contributed by atoms with Gasteiger partial charge in [-0.2, -0.15) is 0 Å². The van der Waals surface area contributed by atoms with Crippen LogP contribution in [-0.2, 0) is 43.2 Å². The minimum Gasteiger partial charge on any atom is -0.391 e. The Labute approximate surface area is 431 Å². The highest BCUT2D eigenvalue weighted by molar-refractivity contribution is 6.40. The van der Waals surface area contributed by atoms with Crippen LogP contribution in [-0.4, -0.2) is 188 Å². The van der Waals surface area contributed by atoms with E-state index < -0.39 is 115 Å². The molecule has 1 aliphatic rings. The molecule has 0 aliphatic carbocycles. The molecule has 29 nitrogen and oxygen atoms in total. The Hall–Kier alpha value is -6.21. The summed E-state index contributed by atoms with van der Waals surface area (Å²) in [7, 11) is 0. The summed E-state index contributed by atoms with van der Waals surface area (Å²) in [5, 5.41) is 37.8. The quantitative estimate of drug-likeness (QED) is 0.0119. The number of aliphatic hydroxyl groups excluding tert-OH is 2. The molecule has 29 heteroatoms. The molecule has 1 rings (SSSR count). The molecule has 1 heterocycles. The number of carbonyl (C=O) groups is 9. The molecule has 1 aliphatic heterocycles.